The third-order valence-electron chi connectivity index (χ3n) is 4.25. The Bertz CT molecular complexity index is 1050. The first kappa shape index (κ1) is 16.8. The highest BCUT2D eigenvalue weighted by Gasteiger charge is 2.46. The van der Waals surface area contributed by atoms with Crippen LogP contribution >= 0.6 is 0 Å². The van der Waals surface area contributed by atoms with Gasteiger partial charge in [0.15, 0.2) is 17.3 Å². The Labute approximate surface area is 152 Å². The number of hydrogen-bond donors (Lipinski definition) is 1. The maximum absolute atomic E-state index is 13.4. The summed E-state index contributed by atoms with van der Waals surface area (Å²) in [7, 11) is 0. The van der Waals surface area contributed by atoms with Crippen LogP contribution in [0.15, 0.2) is 69.0 Å². The van der Waals surface area contributed by atoms with Gasteiger partial charge < -0.3 is 14.0 Å². The Morgan fingerprint density at radius 2 is 2.00 bits per heavy atom. The predicted octanol–water partition coefficient (Wildman–Crippen LogP) is 3.50. The summed E-state index contributed by atoms with van der Waals surface area (Å²) in [6, 6.07) is 8.71. The fourth-order valence-corrected chi connectivity index (χ4v) is 3.04. The topological polar surface area (TPSA) is 96.8 Å². The van der Waals surface area contributed by atoms with E-state index in [2.05, 4.69) is 5.16 Å². The molecule has 0 fully saturated rings. The van der Waals surface area contributed by atoms with Crippen molar-refractivity contribution in [2.75, 3.05) is 4.90 Å². The molecule has 1 N–H and O–H groups in total. The lowest BCUT2D eigenvalue weighted by Gasteiger charge is -2.24. The predicted molar refractivity (Wildman–Crippen MR) is 90.6 cm³/mol. The van der Waals surface area contributed by atoms with Crippen LogP contribution in [0.4, 0.5) is 10.2 Å². The summed E-state index contributed by atoms with van der Waals surface area (Å²) < 4.78 is 23.5. The first-order chi connectivity index (χ1) is 13.0. The molecule has 1 unspecified atom stereocenters. The average molecular weight is 368 g/mol. The minimum Gasteiger partial charge on any atom is -0.503 e. The monoisotopic (exact) mass is 368 g/mol. The van der Waals surface area contributed by atoms with Crippen molar-refractivity contribution in [2.45, 2.75) is 13.0 Å². The van der Waals surface area contributed by atoms with Gasteiger partial charge in [-0.05, 0) is 36.8 Å². The SMILES string of the molecule is Cc1cc(N2C(=O)C(O)=C(C(=O)c3ccco3)C2c2ccc(F)cc2)no1. The Morgan fingerprint density at radius 3 is 2.59 bits per heavy atom. The van der Waals surface area contributed by atoms with Gasteiger partial charge in [-0.1, -0.05) is 17.3 Å². The summed E-state index contributed by atoms with van der Waals surface area (Å²) in [5, 5.41) is 14.3. The van der Waals surface area contributed by atoms with E-state index in [9.17, 15) is 19.1 Å². The summed E-state index contributed by atoms with van der Waals surface area (Å²) in [4.78, 5) is 26.8. The fraction of sp³-hybridized carbons (Fsp3) is 0.105. The molecule has 7 nitrogen and oxygen atoms in total. The van der Waals surface area contributed by atoms with E-state index >= 15 is 0 Å². The number of aromatic nitrogens is 1. The Hall–Kier alpha value is -3.68. The minimum absolute atomic E-state index is 0.0327. The first-order valence-electron chi connectivity index (χ1n) is 8.01. The molecule has 1 aromatic carbocycles. The first-order valence-corrected chi connectivity index (χ1v) is 8.01. The third-order valence-corrected chi connectivity index (χ3v) is 4.25. The van der Waals surface area contributed by atoms with Crippen LogP contribution in [0.2, 0.25) is 0 Å². The lowest BCUT2D eigenvalue weighted by atomic mass is 9.95. The molecule has 4 rings (SSSR count). The molecular weight excluding hydrogens is 355 g/mol. The van der Waals surface area contributed by atoms with E-state index in [-0.39, 0.29) is 17.2 Å². The van der Waals surface area contributed by atoms with E-state index < -0.39 is 29.3 Å². The zero-order valence-corrected chi connectivity index (χ0v) is 14.0. The summed E-state index contributed by atoms with van der Waals surface area (Å²) in [6.07, 6.45) is 1.31. The van der Waals surface area contributed by atoms with Gasteiger partial charge in [-0.25, -0.2) is 4.39 Å². The third kappa shape index (κ3) is 2.71. The van der Waals surface area contributed by atoms with Gasteiger partial charge in [0.05, 0.1) is 17.9 Å². The van der Waals surface area contributed by atoms with Crippen molar-refractivity contribution in [2.24, 2.45) is 0 Å². The quantitative estimate of drug-likeness (QED) is 0.708. The van der Waals surface area contributed by atoms with Gasteiger partial charge in [0.2, 0.25) is 5.78 Å². The average Bonchev–Trinajstić information content (AvgIpc) is 3.37. The van der Waals surface area contributed by atoms with Crippen molar-refractivity contribution in [1.82, 2.24) is 5.16 Å². The number of amides is 1. The molecule has 1 amide bonds. The number of halogens is 1. The van der Waals surface area contributed by atoms with Crippen LogP contribution in [0.3, 0.4) is 0 Å². The Kier molecular flexibility index (Phi) is 3.88. The molecule has 1 aliphatic heterocycles. The summed E-state index contributed by atoms with van der Waals surface area (Å²) in [5.41, 5.74) is 0.242. The highest BCUT2D eigenvalue weighted by Crippen LogP contribution is 2.41. The highest BCUT2D eigenvalue weighted by atomic mass is 19.1. The maximum Gasteiger partial charge on any atom is 0.295 e. The van der Waals surface area contributed by atoms with Crippen molar-refractivity contribution < 1.29 is 28.0 Å². The molecule has 0 spiro atoms. The molecule has 1 atom stereocenters. The second-order valence-corrected chi connectivity index (χ2v) is 5.99. The number of benzene rings is 1. The van der Waals surface area contributed by atoms with Gasteiger partial charge in [0, 0.05) is 6.07 Å². The number of furan rings is 1. The van der Waals surface area contributed by atoms with Gasteiger partial charge in [-0.15, -0.1) is 0 Å². The summed E-state index contributed by atoms with van der Waals surface area (Å²) in [6.45, 7) is 1.64. The zero-order valence-electron chi connectivity index (χ0n) is 14.0. The smallest absolute Gasteiger partial charge is 0.295 e. The number of Topliss-reactive ketones (excluding diaryl/α,β-unsaturated/α-hetero) is 1. The molecule has 0 aliphatic carbocycles. The largest absolute Gasteiger partial charge is 0.503 e. The Balaban J connectivity index is 1.88. The van der Waals surface area contributed by atoms with Gasteiger partial charge in [0.25, 0.3) is 5.91 Å². The van der Waals surface area contributed by atoms with Crippen LogP contribution in [0.25, 0.3) is 0 Å². The lowest BCUT2D eigenvalue weighted by molar-refractivity contribution is -0.117. The van der Waals surface area contributed by atoms with E-state index in [0.29, 0.717) is 11.3 Å². The highest BCUT2D eigenvalue weighted by molar-refractivity contribution is 6.19. The number of aliphatic hydroxyl groups excluding tert-OH is 1. The number of nitrogens with zero attached hydrogens (tertiary/aromatic N) is 2. The van der Waals surface area contributed by atoms with Gasteiger partial charge in [0.1, 0.15) is 11.6 Å². The van der Waals surface area contributed by atoms with Crippen molar-refractivity contribution in [3.63, 3.8) is 0 Å². The number of ketones is 1. The molecule has 136 valence electrons. The number of rotatable bonds is 4. The normalized spacial score (nSPS) is 17.0. The van der Waals surface area contributed by atoms with Crippen molar-refractivity contribution in [3.05, 3.63) is 83.0 Å². The van der Waals surface area contributed by atoms with E-state index in [1.165, 1.54) is 48.7 Å². The van der Waals surface area contributed by atoms with Crippen LogP contribution in [0, 0.1) is 12.7 Å². The standard InChI is InChI=1S/C19H13FN2O5/c1-10-9-14(21-27-10)22-16(11-4-6-12(20)7-5-11)15(18(24)19(22)25)17(23)13-3-2-8-26-13/h2-9,16,24H,1H3. The summed E-state index contributed by atoms with van der Waals surface area (Å²) in [5.74, 6) is -2.11. The molecule has 0 saturated carbocycles. The maximum atomic E-state index is 13.4. The number of aryl methyl sites for hydroxylation is 1. The molecule has 3 aromatic rings. The van der Waals surface area contributed by atoms with E-state index in [0.717, 1.165) is 4.90 Å². The van der Waals surface area contributed by atoms with E-state index in [1.807, 2.05) is 0 Å². The van der Waals surface area contributed by atoms with Gasteiger partial charge >= 0.3 is 0 Å². The molecule has 0 radical (unpaired) electrons. The fourth-order valence-electron chi connectivity index (χ4n) is 3.04. The minimum atomic E-state index is -1.01. The molecule has 0 bridgehead atoms. The van der Waals surface area contributed by atoms with E-state index in [4.69, 9.17) is 8.94 Å². The molecule has 27 heavy (non-hydrogen) atoms. The van der Waals surface area contributed by atoms with Crippen LogP contribution < -0.4 is 4.90 Å². The van der Waals surface area contributed by atoms with Crippen molar-refractivity contribution in [3.8, 4) is 0 Å². The molecule has 3 heterocycles. The number of carbonyl (C=O) groups excluding carboxylic acids is 2. The van der Waals surface area contributed by atoms with E-state index in [1.54, 1.807) is 6.92 Å². The van der Waals surface area contributed by atoms with Gasteiger partial charge in [-0.3, -0.25) is 14.5 Å². The molecule has 1 aliphatic rings. The number of carbonyl (C=O) groups is 2. The number of hydrogen-bond acceptors (Lipinski definition) is 6. The lowest BCUT2D eigenvalue weighted by Crippen LogP contribution is -2.31. The van der Waals surface area contributed by atoms with Crippen LogP contribution in [-0.2, 0) is 4.79 Å². The van der Waals surface area contributed by atoms with Crippen LogP contribution in [0.1, 0.15) is 27.9 Å². The Morgan fingerprint density at radius 1 is 1.26 bits per heavy atom. The van der Waals surface area contributed by atoms with Crippen LogP contribution in [0.5, 0.6) is 0 Å². The molecule has 2 aromatic heterocycles. The zero-order chi connectivity index (χ0) is 19.1. The second kappa shape index (κ2) is 6.24. The van der Waals surface area contributed by atoms with Gasteiger partial charge in [-0.2, -0.15) is 0 Å². The molecular formula is C19H13FN2O5. The second-order valence-electron chi connectivity index (χ2n) is 5.99. The summed E-state index contributed by atoms with van der Waals surface area (Å²) >= 11 is 0. The molecule has 0 saturated heterocycles. The number of anilines is 1. The van der Waals surface area contributed by atoms with Crippen molar-refractivity contribution in [1.29, 1.82) is 0 Å². The van der Waals surface area contributed by atoms with Crippen LogP contribution in [-0.4, -0.2) is 22.0 Å². The molecule has 8 heteroatoms. The van der Waals surface area contributed by atoms with Crippen molar-refractivity contribution >= 4 is 17.5 Å². The number of aliphatic hydroxyl groups is 1.